The summed E-state index contributed by atoms with van der Waals surface area (Å²) < 4.78 is 62.7. The Bertz CT molecular complexity index is 1380. The molecule has 2 N–H and O–H groups in total. The molecular weight excluding hydrogens is 458 g/mol. The van der Waals surface area contributed by atoms with E-state index in [0.717, 1.165) is 6.07 Å². The summed E-state index contributed by atoms with van der Waals surface area (Å²) in [7, 11) is 3.92. The second kappa shape index (κ2) is 9.08. The Hall–Kier alpha value is -3.64. The summed E-state index contributed by atoms with van der Waals surface area (Å²) >= 11 is 0. The molecule has 0 saturated carbocycles. The summed E-state index contributed by atoms with van der Waals surface area (Å²) in [6, 6.07) is 3.62. The van der Waals surface area contributed by atoms with E-state index in [9.17, 15) is 13.2 Å². The third-order valence-electron chi connectivity index (χ3n) is 4.87. The number of rotatable bonds is 8. The second-order valence-corrected chi connectivity index (χ2v) is 8.09. The molecule has 33 heavy (non-hydrogen) atoms. The Morgan fingerprint density at radius 2 is 1.24 bits per heavy atom. The van der Waals surface area contributed by atoms with Crippen LogP contribution in [-0.4, -0.2) is 51.1 Å². The topological polar surface area (TPSA) is 146 Å². The van der Waals surface area contributed by atoms with Crippen LogP contribution in [0.15, 0.2) is 32.3 Å². The maximum Gasteiger partial charge on any atom is 0.238 e. The van der Waals surface area contributed by atoms with Crippen molar-refractivity contribution in [3.63, 3.8) is 0 Å². The van der Waals surface area contributed by atoms with Gasteiger partial charge in [0.15, 0.2) is 28.3 Å². The van der Waals surface area contributed by atoms with Gasteiger partial charge in [-0.25, -0.2) is 13.6 Å². The molecule has 2 aromatic carbocycles. The fourth-order valence-electron chi connectivity index (χ4n) is 3.46. The van der Waals surface area contributed by atoms with Crippen molar-refractivity contribution >= 4 is 21.0 Å². The molecule has 0 spiro atoms. The van der Waals surface area contributed by atoms with Crippen LogP contribution >= 0.6 is 0 Å². The second-order valence-electron chi connectivity index (χ2n) is 6.56. The van der Waals surface area contributed by atoms with E-state index in [2.05, 4.69) is 0 Å². The summed E-state index contributed by atoms with van der Waals surface area (Å²) in [5, 5.41) is 5.43. The summed E-state index contributed by atoms with van der Waals surface area (Å²) in [5.41, 5.74) is -0.632. The molecule has 1 aromatic heterocycles. The molecule has 11 nitrogen and oxygen atoms in total. The van der Waals surface area contributed by atoms with E-state index in [1.165, 1.54) is 54.8 Å². The van der Waals surface area contributed by atoms with E-state index in [4.69, 9.17) is 38.0 Å². The third kappa shape index (κ3) is 3.98. The predicted molar refractivity (Wildman–Crippen MR) is 119 cm³/mol. The molecule has 1 heterocycles. The van der Waals surface area contributed by atoms with Crippen molar-refractivity contribution in [1.82, 2.24) is 0 Å². The molecule has 0 atom stereocenters. The SMILES string of the molecule is COc1cc(-c2cc(=O)c3c(OC)c(OC)c(OC)c(OC)c3o2)c(S(N)(=O)=O)cc1OC. The van der Waals surface area contributed by atoms with Gasteiger partial charge >= 0.3 is 0 Å². The molecule has 0 unspecified atom stereocenters. The summed E-state index contributed by atoms with van der Waals surface area (Å²) in [4.78, 5) is 12.9. The average molecular weight is 481 g/mol. The van der Waals surface area contributed by atoms with Crippen molar-refractivity contribution in [2.45, 2.75) is 4.90 Å². The lowest BCUT2D eigenvalue weighted by Crippen LogP contribution is -2.14. The normalized spacial score (nSPS) is 11.2. The number of hydrogen-bond acceptors (Lipinski definition) is 10. The minimum Gasteiger partial charge on any atom is -0.493 e. The van der Waals surface area contributed by atoms with Gasteiger partial charge in [-0.2, -0.15) is 0 Å². The van der Waals surface area contributed by atoms with Crippen LogP contribution in [0.4, 0.5) is 0 Å². The number of ether oxygens (including phenoxy) is 6. The average Bonchev–Trinajstić information content (AvgIpc) is 2.80. The number of hydrogen-bond donors (Lipinski definition) is 1. The monoisotopic (exact) mass is 481 g/mol. The highest BCUT2D eigenvalue weighted by molar-refractivity contribution is 7.89. The van der Waals surface area contributed by atoms with Crippen LogP contribution in [0.1, 0.15) is 0 Å². The lowest BCUT2D eigenvalue weighted by molar-refractivity contribution is 0.307. The standard InChI is InChI=1S/C21H23NO10S/c1-26-13-7-10(15(33(22,24)25)9-14(13)27-2)12-8-11(23)16-17(28-3)19(29-4)21(31-6)20(30-5)18(16)32-12/h7-9H,1-6H3,(H2,22,24,25). The fourth-order valence-corrected chi connectivity index (χ4v) is 4.20. The van der Waals surface area contributed by atoms with Crippen LogP contribution in [0.3, 0.4) is 0 Å². The zero-order chi connectivity index (χ0) is 24.5. The van der Waals surface area contributed by atoms with Crippen LogP contribution in [0, 0.1) is 0 Å². The Morgan fingerprint density at radius 3 is 1.73 bits per heavy atom. The Kier molecular flexibility index (Phi) is 6.60. The molecule has 0 aliphatic carbocycles. The van der Waals surface area contributed by atoms with Gasteiger partial charge in [-0.05, 0) is 6.07 Å². The van der Waals surface area contributed by atoms with E-state index in [1.807, 2.05) is 0 Å². The van der Waals surface area contributed by atoms with Gasteiger partial charge in [0.05, 0.1) is 47.6 Å². The van der Waals surface area contributed by atoms with Crippen LogP contribution in [-0.2, 0) is 10.0 Å². The van der Waals surface area contributed by atoms with Gasteiger partial charge in [-0.1, -0.05) is 0 Å². The number of nitrogens with two attached hydrogens (primary N) is 1. The molecule has 0 saturated heterocycles. The molecule has 0 aliphatic rings. The van der Waals surface area contributed by atoms with E-state index < -0.39 is 15.5 Å². The molecular formula is C21H23NO10S. The largest absolute Gasteiger partial charge is 0.493 e. The molecule has 0 aliphatic heterocycles. The van der Waals surface area contributed by atoms with Crippen LogP contribution < -0.4 is 39.0 Å². The lowest BCUT2D eigenvalue weighted by atomic mass is 10.1. The van der Waals surface area contributed by atoms with Crippen molar-refractivity contribution in [2.24, 2.45) is 5.14 Å². The summed E-state index contributed by atoms with van der Waals surface area (Å²) in [6.45, 7) is 0. The maximum atomic E-state index is 13.2. The molecule has 0 amide bonds. The van der Waals surface area contributed by atoms with Gasteiger partial charge in [0.25, 0.3) is 0 Å². The molecule has 0 fully saturated rings. The Balaban J connectivity index is 2.53. The van der Waals surface area contributed by atoms with Crippen molar-refractivity contribution in [3.05, 3.63) is 28.4 Å². The molecule has 0 radical (unpaired) electrons. The molecule has 3 aromatic rings. The van der Waals surface area contributed by atoms with Gasteiger partial charge in [0.1, 0.15) is 11.1 Å². The summed E-state index contributed by atoms with van der Waals surface area (Å²) in [5.74, 6) is 0.541. The first kappa shape index (κ1) is 24.0. The van der Waals surface area contributed by atoms with E-state index in [1.54, 1.807) is 0 Å². The number of sulfonamides is 1. The number of methoxy groups -OCH3 is 6. The highest BCUT2D eigenvalue weighted by Crippen LogP contribution is 2.50. The zero-order valence-electron chi connectivity index (χ0n) is 18.8. The Labute approximate surface area is 189 Å². The number of fused-ring (bicyclic) bond motifs is 1. The highest BCUT2D eigenvalue weighted by atomic mass is 32.2. The molecule has 12 heteroatoms. The minimum atomic E-state index is -4.26. The first-order chi connectivity index (χ1) is 15.7. The fraction of sp³-hybridized carbons (Fsp3) is 0.286. The van der Waals surface area contributed by atoms with Gasteiger partial charge in [0.2, 0.25) is 27.3 Å². The van der Waals surface area contributed by atoms with Gasteiger partial charge in [-0.3, -0.25) is 4.79 Å². The quantitative estimate of drug-likeness (QED) is 0.508. The van der Waals surface area contributed by atoms with E-state index >= 15 is 0 Å². The first-order valence-electron chi connectivity index (χ1n) is 9.29. The first-order valence-corrected chi connectivity index (χ1v) is 10.8. The lowest BCUT2D eigenvalue weighted by Gasteiger charge is -2.18. The molecule has 178 valence electrons. The summed E-state index contributed by atoms with van der Waals surface area (Å²) in [6.07, 6.45) is 0. The van der Waals surface area contributed by atoms with Crippen molar-refractivity contribution in [3.8, 4) is 45.8 Å². The van der Waals surface area contributed by atoms with Crippen molar-refractivity contribution in [2.75, 3.05) is 42.7 Å². The maximum absolute atomic E-state index is 13.2. The van der Waals surface area contributed by atoms with Gasteiger partial charge in [-0.15, -0.1) is 0 Å². The smallest absolute Gasteiger partial charge is 0.238 e. The predicted octanol–water partition coefficient (Wildman–Crippen LogP) is 2.16. The van der Waals surface area contributed by atoms with Gasteiger partial charge < -0.3 is 32.8 Å². The zero-order valence-corrected chi connectivity index (χ0v) is 19.6. The van der Waals surface area contributed by atoms with Crippen LogP contribution in [0.25, 0.3) is 22.3 Å². The highest BCUT2D eigenvalue weighted by Gasteiger charge is 2.29. The van der Waals surface area contributed by atoms with E-state index in [0.29, 0.717) is 0 Å². The minimum absolute atomic E-state index is 0.00776. The number of primary sulfonamides is 1. The van der Waals surface area contributed by atoms with Crippen molar-refractivity contribution < 1.29 is 41.3 Å². The molecule has 3 rings (SSSR count). The van der Waals surface area contributed by atoms with Crippen LogP contribution in [0.2, 0.25) is 0 Å². The van der Waals surface area contributed by atoms with Crippen molar-refractivity contribution in [1.29, 1.82) is 0 Å². The third-order valence-corrected chi connectivity index (χ3v) is 5.82. The van der Waals surface area contributed by atoms with Crippen LogP contribution in [0.5, 0.6) is 34.5 Å². The van der Waals surface area contributed by atoms with Gasteiger partial charge in [0, 0.05) is 17.7 Å². The van der Waals surface area contributed by atoms with E-state index in [-0.39, 0.29) is 61.7 Å². The number of benzene rings is 2. The Morgan fingerprint density at radius 1 is 0.727 bits per heavy atom. The molecule has 0 bridgehead atoms.